The maximum absolute atomic E-state index is 12.3. The molecule has 1 aromatic heterocycles. The summed E-state index contributed by atoms with van der Waals surface area (Å²) < 4.78 is 13.1. The van der Waals surface area contributed by atoms with Gasteiger partial charge in [-0.3, -0.25) is 0 Å². The first kappa shape index (κ1) is 25.7. The van der Waals surface area contributed by atoms with Crippen molar-refractivity contribution < 1.29 is 14.3 Å². The van der Waals surface area contributed by atoms with Crippen molar-refractivity contribution in [3.63, 3.8) is 0 Å². The van der Waals surface area contributed by atoms with Crippen LogP contribution < -0.4 is 10.2 Å². The third kappa shape index (κ3) is 5.70. The molecular formula is C28H37N5O3. The number of carbonyl (C=O) groups excluding carboxylic acids is 1. The number of amides is 1. The lowest BCUT2D eigenvalue weighted by atomic mass is 9.95. The molecule has 0 unspecified atom stereocenters. The molecule has 3 aromatic rings. The van der Waals surface area contributed by atoms with Gasteiger partial charge in [0.25, 0.3) is 0 Å². The largest absolute Gasteiger partial charge is 0.449 e. The molecule has 1 aliphatic heterocycles. The maximum atomic E-state index is 12.3. The number of hydrogen-bond donors (Lipinski definition) is 1. The number of rotatable bonds is 9. The van der Waals surface area contributed by atoms with Gasteiger partial charge in [0.1, 0.15) is 5.69 Å². The quantitative estimate of drug-likeness (QED) is 0.429. The molecule has 2 aromatic carbocycles. The monoisotopic (exact) mass is 491 g/mol. The minimum Gasteiger partial charge on any atom is -0.449 e. The number of para-hydroxylation sites is 1. The number of carbonyl (C=O) groups is 1. The molecular weight excluding hydrogens is 454 g/mol. The molecule has 192 valence electrons. The van der Waals surface area contributed by atoms with E-state index in [4.69, 9.17) is 9.47 Å². The van der Waals surface area contributed by atoms with E-state index in [1.165, 1.54) is 5.56 Å². The molecule has 8 heteroatoms. The summed E-state index contributed by atoms with van der Waals surface area (Å²) in [6.45, 7) is 12.9. The molecule has 1 amide bonds. The highest BCUT2D eigenvalue weighted by Crippen LogP contribution is 2.41. The van der Waals surface area contributed by atoms with Crippen LogP contribution in [0.25, 0.3) is 22.5 Å². The Morgan fingerprint density at radius 1 is 1.11 bits per heavy atom. The first-order valence-electron chi connectivity index (χ1n) is 12.7. The van der Waals surface area contributed by atoms with E-state index in [1.54, 1.807) is 0 Å². The van der Waals surface area contributed by atoms with E-state index in [0.29, 0.717) is 39.3 Å². The maximum Gasteiger partial charge on any atom is 0.407 e. The van der Waals surface area contributed by atoms with Gasteiger partial charge in [-0.1, -0.05) is 47.7 Å². The van der Waals surface area contributed by atoms with Crippen molar-refractivity contribution in [3.8, 4) is 22.5 Å². The molecule has 1 N–H and O–H groups in total. The number of nitrogens with one attached hydrogen (secondary N) is 1. The predicted octanol–water partition coefficient (Wildman–Crippen LogP) is 5.44. The molecule has 0 spiro atoms. The van der Waals surface area contributed by atoms with Crippen LogP contribution in [0.2, 0.25) is 0 Å². The van der Waals surface area contributed by atoms with Gasteiger partial charge in [-0.25, -0.2) is 9.48 Å². The van der Waals surface area contributed by atoms with E-state index in [2.05, 4.69) is 64.7 Å². The van der Waals surface area contributed by atoms with E-state index in [1.807, 2.05) is 43.7 Å². The second kappa shape index (κ2) is 11.1. The summed E-state index contributed by atoms with van der Waals surface area (Å²) >= 11 is 0. The standard InChI is InChI=1S/C28H37N5O3/c1-6-36-28(4,5)15-18-35-27(34)29-16-17-32-19-21-11-7-8-12-22(21)25-26(33(20(2)3)31-30-25)23-13-9-10-14-24(23)32/h7-14,20H,6,15-19H2,1-5H3,(H,29,34). The second-order valence-corrected chi connectivity index (χ2v) is 9.93. The predicted molar refractivity (Wildman–Crippen MR) is 142 cm³/mol. The van der Waals surface area contributed by atoms with E-state index in [-0.39, 0.29) is 11.6 Å². The van der Waals surface area contributed by atoms with Gasteiger partial charge in [0.05, 0.1) is 17.9 Å². The molecule has 0 saturated carbocycles. The molecule has 1 aliphatic rings. The number of benzene rings is 2. The highest BCUT2D eigenvalue weighted by atomic mass is 16.6. The van der Waals surface area contributed by atoms with E-state index < -0.39 is 6.09 Å². The van der Waals surface area contributed by atoms with Crippen molar-refractivity contribution in [2.75, 3.05) is 31.2 Å². The Morgan fingerprint density at radius 3 is 2.58 bits per heavy atom. The summed E-state index contributed by atoms with van der Waals surface area (Å²) in [6.07, 6.45) is 0.233. The third-order valence-electron chi connectivity index (χ3n) is 6.44. The van der Waals surface area contributed by atoms with E-state index >= 15 is 0 Å². The van der Waals surface area contributed by atoms with Crippen LogP contribution in [0, 0.1) is 0 Å². The lowest BCUT2D eigenvalue weighted by molar-refractivity contribution is -0.0273. The van der Waals surface area contributed by atoms with Gasteiger partial charge in [-0.15, -0.1) is 5.10 Å². The number of anilines is 1. The average molecular weight is 492 g/mol. The molecule has 0 aliphatic carbocycles. The molecule has 2 heterocycles. The van der Waals surface area contributed by atoms with Crippen molar-refractivity contribution in [3.05, 3.63) is 54.1 Å². The molecule has 0 fully saturated rings. The Bertz CT molecular complexity index is 1190. The number of nitrogens with zero attached hydrogens (tertiary/aromatic N) is 4. The zero-order valence-corrected chi connectivity index (χ0v) is 22.0. The van der Waals surface area contributed by atoms with Crippen LogP contribution in [0.3, 0.4) is 0 Å². The minimum absolute atomic E-state index is 0.165. The topological polar surface area (TPSA) is 81.5 Å². The summed E-state index contributed by atoms with van der Waals surface area (Å²) in [5.74, 6) is 0. The zero-order valence-electron chi connectivity index (χ0n) is 22.0. The summed E-state index contributed by atoms with van der Waals surface area (Å²) in [7, 11) is 0. The molecule has 0 atom stereocenters. The van der Waals surface area contributed by atoms with Crippen LogP contribution in [0.4, 0.5) is 10.5 Å². The van der Waals surface area contributed by atoms with Gasteiger partial charge in [0.15, 0.2) is 0 Å². The van der Waals surface area contributed by atoms with E-state index in [0.717, 1.165) is 28.2 Å². The van der Waals surface area contributed by atoms with Gasteiger partial charge < -0.3 is 19.7 Å². The smallest absolute Gasteiger partial charge is 0.407 e. The highest BCUT2D eigenvalue weighted by Gasteiger charge is 2.27. The number of alkyl carbamates (subject to hydrolysis) is 1. The summed E-state index contributed by atoms with van der Waals surface area (Å²) in [4.78, 5) is 14.6. The van der Waals surface area contributed by atoms with Gasteiger partial charge in [-0.05, 0) is 46.2 Å². The molecule has 8 nitrogen and oxygen atoms in total. The average Bonchev–Trinajstić information content (AvgIpc) is 3.27. The summed E-state index contributed by atoms with van der Waals surface area (Å²) in [5, 5.41) is 12.0. The Morgan fingerprint density at radius 2 is 1.83 bits per heavy atom. The van der Waals surface area contributed by atoms with Crippen LogP contribution in [0.15, 0.2) is 48.5 Å². The second-order valence-electron chi connectivity index (χ2n) is 9.93. The first-order chi connectivity index (χ1) is 17.3. The Kier molecular flexibility index (Phi) is 7.94. The van der Waals surface area contributed by atoms with Crippen LogP contribution >= 0.6 is 0 Å². The first-order valence-corrected chi connectivity index (χ1v) is 12.7. The van der Waals surface area contributed by atoms with Gasteiger partial charge >= 0.3 is 6.09 Å². The van der Waals surface area contributed by atoms with Crippen LogP contribution in [-0.4, -0.2) is 53.0 Å². The fourth-order valence-corrected chi connectivity index (χ4v) is 4.61. The lowest BCUT2D eigenvalue weighted by Gasteiger charge is -2.30. The third-order valence-corrected chi connectivity index (χ3v) is 6.44. The molecule has 4 rings (SSSR count). The minimum atomic E-state index is -0.410. The molecule has 0 saturated heterocycles. The summed E-state index contributed by atoms with van der Waals surface area (Å²) in [5.41, 5.74) is 6.04. The van der Waals surface area contributed by atoms with Gasteiger partial charge in [-0.2, -0.15) is 0 Å². The fraction of sp³-hybridized carbons (Fsp3) is 0.464. The molecule has 36 heavy (non-hydrogen) atoms. The molecule has 0 bridgehead atoms. The van der Waals surface area contributed by atoms with Crippen molar-refractivity contribution in [1.29, 1.82) is 0 Å². The van der Waals surface area contributed by atoms with Gasteiger partial charge in [0, 0.05) is 55.5 Å². The Balaban J connectivity index is 1.53. The fourth-order valence-electron chi connectivity index (χ4n) is 4.61. The van der Waals surface area contributed by atoms with Crippen LogP contribution in [0.5, 0.6) is 0 Å². The van der Waals surface area contributed by atoms with Crippen molar-refractivity contribution >= 4 is 11.8 Å². The highest BCUT2D eigenvalue weighted by molar-refractivity contribution is 5.88. The number of ether oxygens (including phenoxy) is 2. The van der Waals surface area contributed by atoms with Crippen molar-refractivity contribution in [2.24, 2.45) is 0 Å². The van der Waals surface area contributed by atoms with Crippen molar-refractivity contribution in [2.45, 2.75) is 59.2 Å². The van der Waals surface area contributed by atoms with Crippen LogP contribution in [0.1, 0.15) is 52.6 Å². The normalized spacial score (nSPS) is 12.9. The number of aromatic nitrogens is 3. The van der Waals surface area contributed by atoms with E-state index in [9.17, 15) is 4.79 Å². The van der Waals surface area contributed by atoms with Gasteiger partial charge in [0.2, 0.25) is 0 Å². The SMILES string of the molecule is CCOC(C)(C)CCOC(=O)NCCN1Cc2ccccc2-c2nnn(C(C)C)c2-c2ccccc21. The number of fused-ring (bicyclic) bond motifs is 5. The number of hydrogen-bond acceptors (Lipinski definition) is 6. The Hall–Kier alpha value is -3.39. The molecule has 0 radical (unpaired) electrons. The zero-order chi connectivity index (χ0) is 25.7. The van der Waals surface area contributed by atoms with Crippen LogP contribution in [-0.2, 0) is 16.0 Å². The lowest BCUT2D eigenvalue weighted by Crippen LogP contribution is -2.36. The summed E-state index contributed by atoms with van der Waals surface area (Å²) in [6, 6.07) is 16.8. The van der Waals surface area contributed by atoms with Crippen molar-refractivity contribution in [1.82, 2.24) is 20.3 Å². The Labute approximate surface area is 213 Å².